The molecule has 0 spiro atoms. The Morgan fingerprint density at radius 1 is 1.25 bits per heavy atom. The van der Waals surface area contributed by atoms with Crippen molar-refractivity contribution in [2.24, 2.45) is 0 Å². The molecular formula is C16H18ClFN4O2. The Labute approximate surface area is 145 Å². The van der Waals surface area contributed by atoms with Crippen LogP contribution in [0, 0.1) is 5.82 Å². The van der Waals surface area contributed by atoms with E-state index in [0.717, 1.165) is 12.0 Å². The van der Waals surface area contributed by atoms with Gasteiger partial charge in [-0.3, -0.25) is 4.90 Å². The van der Waals surface area contributed by atoms with Gasteiger partial charge in [0.15, 0.2) is 0 Å². The predicted octanol–water partition coefficient (Wildman–Crippen LogP) is -0.815. The number of nitrogens with two attached hydrogens (primary N) is 1. The predicted molar refractivity (Wildman–Crippen MR) is 84.4 cm³/mol. The minimum atomic E-state index is -0.386. The van der Waals surface area contributed by atoms with Crippen molar-refractivity contribution in [1.29, 1.82) is 0 Å². The van der Waals surface area contributed by atoms with Gasteiger partial charge in [0.2, 0.25) is 11.6 Å². The van der Waals surface area contributed by atoms with Crippen LogP contribution in [0.1, 0.15) is 12.0 Å². The van der Waals surface area contributed by atoms with Crippen molar-refractivity contribution in [3.63, 3.8) is 0 Å². The molecule has 4 N–H and O–H groups in total. The van der Waals surface area contributed by atoms with Crippen LogP contribution in [0.5, 0.6) is 0 Å². The molecule has 1 aromatic heterocycles. The van der Waals surface area contributed by atoms with E-state index >= 15 is 0 Å². The normalized spacial score (nSPS) is 13.9. The second-order valence-corrected chi connectivity index (χ2v) is 5.27. The lowest BCUT2D eigenvalue weighted by Gasteiger charge is -2.26. The van der Waals surface area contributed by atoms with Gasteiger partial charge < -0.3 is 28.2 Å². The van der Waals surface area contributed by atoms with E-state index in [2.05, 4.69) is 10.3 Å². The van der Waals surface area contributed by atoms with Gasteiger partial charge in [0.25, 0.3) is 0 Å². The maximum Gasteiger partial charge on any atom is 0.414 e. The van der Waals surface area contributed by atoms with Crippen molar-refractivity contribution in [1.82, 2.24) is 0 Å². The Balaban J connectivity index is 0.00000208. The molecule has 2 heterocycles. The lowest BCUT2D eigenvalue weighted by Crippen LogP contribution is -3.00. The Morgan fingerprint density at radius 2 is 2.00 bits per heavy atom. The number of halogens is 2. The summed E-state index contributed by atoms with van der Waals surface area (Å²) in [5, 5.41) is 3.17. The van der Waals surface area contributed by atoms with Crippen LogP contribution in [0.4, 0.5) is 26.5 Å². The summed E-state index contributed by atoms with van der Waals surface area (Å²) in [4.78, 5) is 16.3. The number of amides is 1. The summed E-state index contributed by atoms with van der Waals surface area (Å²) in [5.74, 6) is 0.830. The fourth-order valence-corrected chi connectivity index (χ4v) is 2.41. The zero-order valence-electron chi connectivity index (χ0n) is 12.9. The molecule has 0 saturated carbocycles. The number of carbonyl (C=O) groups excluding carboxylic acids is 1. The van der Waals surface area contributed by atoms with Crippen molar-refractivity contribution in [3.05, 3.63) is 47.8 Å². The fraction of sp³-hybridized carbons (Fsp3) is 0.250. The summed E-state index contributed by atoms with van der Waals surface area (Å²) < 4.78 is 17.9. The van der Waals surface area contributed by atoms with Crippen LogP contribution in [0.15, 0.2) is 36.4 Å². The summed E-state index contributed by atoms with van der Waals surface area (Å²) in [6, 6.07) is 9.83. The van der Waals surface area contributed by atoms with Crippen LogP contribution in [0.3, 0.4) is 0 Å². The molecule has 6 nitrogen and oxygen atoms in total. The number of carbonyl (C=O) groups is 1. The highest BCUT2D eigenvalue weighted by Crippen LogP contribution is 2.23. The van der Waals surface area contributed by atoms with E-state index in [4.69, 9.17) is 10.5 Å². The molecule has 0 atom stereocenters. The number of aromatic nitrogens is 1. The molecule has 1 aromatic carbocycles. The number of nitrogen functional groups attached to an aromatic ring is 1. The smallest absolute Gasteiger partial charge is 0.414 e. The Morgan fingerprint density at radius 3 is 2.67 bits per heavy atom. The first kappa shape index (κ1) is 17.8. The van der Waals surface area contributed by atoms with E-state index in [0.29, 0.717) is 37.0 Å². The number of H-pyrrole nitrogens is 1. The summed E-state index contributed by atoms with van der Waals surface area (Å²) in [6.07, 6.45) is 0.388. The number of pyridine rings is 1. The molecule has 1 aliphatic rings. The Kier molecular flexibility index (Phi) is 5.81. The highest BCUT2D eigenvalue weighted by Gasteiger charge is 2.24. The standard InChI is InChI=1S/C16H17FN4O2.ClH/c17-12-4-2-11(3-5-12)10-19-14-7-6-13(15(18)20-14)21-8-1-9-23-16(21)22;/h2-7H,1,8-10H2,(H3,18,19,20);1H. The average molecular weight is 353 g/mol. The summed E-state index contributed by atoms with van der Waals surface area (Å²) in [6.45, 7) is 1.55. The summed E-state index contributed by atoms with van der Waals surface area (Å²) >= 11 is 0. The molecule has 3 rings (SSSR count). The van der Waals surface area contributed by atoms with Crippen molar-refractivity contribution in [3.8, 4) is 0 Å². The molecule has 8 heteroatoms. The van der Waals surface area contributed by atoms with Crippen molar-refractivity contribution in [2.75, 3.05) is 29.1 Å². The molecular weight excluding hydrogens is 335 g/mol. The van der Waals surface area contributed by atoms with Crippen LogP contribution in [-0.4, -0.2) is 19.2 Å². The molecule has 0 bridgehead atoms. The molecule has 24 heavy (non-hydrogen) atoms. The maximum absolute atomic E-state index is 12.9. The van der Waals surface area contributed by atoms with Crippen LogP contribution < -0.4 is 33.3 Å². The molecule has 1 saturated heterocycles. The zero-order valence-corrected chi connectivity index (χ0v) is 13.6. The van der Waals surface area contributed by atoms with E-state index in [1.165, 1.54) is 17.0 Å². The number of hydrogen-bond donors (Lipinski definition) is 2. The third-order valence-electron chi connectivity index (χ3n) is 3.61. The monoisotopic (exact) mass is 352 g/mol. The fourth-order valence-electron chi connectivity index (χ4n) is 2.41. The van der Waals surface area contributed by atoms with E-state index in [1.807, 2.05) is 0 Å². The van der Waals surface area contributed by atoms with Gasteiger partial charge in [-0.2, -0.15) is 0 Å². The van der Waals surface area contributed by atoms with Crippen LogP contribution >= 0.6 is 0 Å². The first-order valence-electron chi connectivity index (χ1n) is 7.38. The molecule has 0 aliphatic carbocycles. The highest BCUT2D eigenvalue weighted by molar-refractivity contribution is 5.90. The zero-order chi connectivity index (χ0) is 16.2. The molecule has 0 radical (unpaired) electrons. The van der Waals surface area contributed by atoms with Crippen LogP contribution in [0.25, 0.3) is 0 Å². The van der Waals surface area contributed by atoms with Gasteiger partial charge >= 0.3 is 6.09 Å². The summed E-state index contributed by atoms with van der Waals surface area (Å²) in [7, 11) is 0. The van der Waals surface area contributed by atoms with Gasteiger partial charge in [-0.1, -0.05) is 12.1 Å². The average Bonchev–Trinajstić information content (AvgIpc) is 2.55. The molecule has 1 amide bonds. The van der Waals surface area contributed by atoms with Gasteiger partial charge in [0.1, 0.15) is 11.5 Å². The van der Waals surface area contributed by atoms with Gasteiger partial charge in [-0.25, -0.2) is 14.2 Å². The Hall–Kier alpha value is -2.54. The van der Waals surface area contributed by atoms with Gasteiger partial charge in [-0.05, 0) is 30.2 Å². The largest absolute Gasteiger partial charge is 1.00 e. The first-order chi connectivity index (χ1) is 11.1. The number of hydrogen-bond acceptors (Lipinski definition) is 4. The van der Waals surface area contributed by atoms with E-state index in [9.17, 15) is 9.18 Å². The first-order valence-corrected chi connectivity index (χ1v) is 7.38. The number of nitrogens with one attached hydrogen (secondary N) is 2. The SMILES string of the molecule is Nc1[nH+]c(NCc2ccc(F)cc2)ccc1N1CCCOC1=O.[Cl-]. The van der Waals surface area contributed by atoms with Gasteiger partial charge in [0.05, 0.1) is 13.2 Å². The van der Waals surface area contributed by atoms with E-state index in [-0.39, 0.29) is 24.3 Å². The number of cyclic esters (lactones) is 1. The molecule has 0 unspecified atom stereocenters. The number of anilines is 3. The van der Waals surface area contributed by atoms with Crippen molar-refractivity contribution in [2.45, 2.75) is 13.0 Å². The molecule has 2 aromatic rings. The molecule has 1 fully saturated rings. The van der Waals surface area contributed by atoms with Gasteiger partial charge in [-0.15, -0.1) is 0 Å². The number of aromatic amines is 1. The molecule has 1 aliphatic heterocycles. The third-order valence-corrected chi connectivity index (χ3v) is 3.61. The number of nitrogens with zero attached hydrogens (tertiary/aromatic N) is 1. The Bertz CT molecular complexity index is 712. The topological polar surface area (TPSA) is 81.7 Å². The number of rotatable bonds is 4. The third kappa shape index (κ3) is 4.05. The quantitative estimate of drug-likeness (QED) is 0.753. The lowest BCUT2D eigenvalue weighted by molar-refractivity contribution is -0.342. The summed E-state index contributed by atoms with van der Waals surface area (Å²) in [5.41, 5.74) is 7.55. The highest BCUT2D eigenvalue weighted by atomic mass is 35.5. The number of ether oxygens (including phenoxy) is 1. The van der Waals surface area contributed by atoms with Crippen LogP contribution in [0.2, 0.25) is 0 Å². The minimum absolute atomic E-state index is 0. The number of benzene rings is 1. The van der Waals surface area contributed by atoms with Crippen molar-refractivity contribution < 1.29 is 31.3 Å². The minimum Gasteiger partial charge on any atom is -1.00 e. The lowest BCUT2D eigenvalue weighted by atomic mass is 10.2. The van der Waals surface area contributed by atoms with Crippen LogP contribution in [-0.2, 0) is 11.3 Å². The molecule has 128 valence electrons. The second-order valence-electron chi connectivity index (χ2n) is 5.27. The maximum atomic E-state index is 12.9. The van der Waals surface area contributed by atoms with Gasteiger partial charge in [0, 0.05) is 12.6 Å². The second kappa shape index (κ2) is 7.83. The van der Waals surface area contributed by atoms with E-state index in [1.54, 1.807) is 24.3 Å². The van der Waals surface area contributed by atoms with Crippen molar-refractivity contribution >= 4 is 23.4 Å². The van der Waals surface area contributed by atoms with E-state index < -0.39 is 0 Å².